The lowest BCUT2D eigenvalue weighted by molar-refractivity contribution is 0.675. The molecule has 0 aliphatic heterocycles. The second-order valence-corrected chi connectivity index (χ2v) is 5.17. The minimum absolute atomic E-state index is 0.551. The van der Waals surface area contributed by atoms with Gasteiger partial charge in [-0.2, -0.15) is 5.10 Å². The molecule has 0 aliphatic rings. The standard InChI is InChI=1S/C14H19N3S/c1-4-9-17-13(15-16-14(17)18)12-7-5-11(6-8-12)10(2)3/h5-8,10H,4,9H2,1-3H3,(H,16,18). The van der Waals surface area contributed by atoms with Gasteiger partial charge < -0.3 is 4.57 Å². The van der Waals surface area contributed by atoms with Crippen LogP contribution in [0.1, 0.15) is 38.7 Å². The number of nitrogens with one attached hydrogen (secondary N) is 1. The van der Waals surface area contributed by atoms with Crippen LogP contribution in [0.4, 0.5) is 0 Å². The summed E-state index contributed by atoms with van der Waals surface area (Å²) in [4.78, 5) is 0. The molecule has 18 heavy (non-hydrogen) atoms. The lowest BCUT2D eigenvalue weighted by atomic mass is 10.0. The van der Waals surface area contributed by atoms with Gasteiger partial charge in [0.1, 0.15) is 0 Å². The molecule has 0 spiro atoms. The number of hydrogen-bond acceptors (Lipinski definition) is 2. The maximum atomic E-state index is 5.25. The largest absolute Gasteiger partial charge is 0.300 e. The topological polar surface area (TPSA) is 33.6 Å². The van der Waals surface area contributed by atoms with E-state index in [4.69, 9.17) is 12.2 Å². The Kier molecular flexibility index (Phi) is 3.97. The van der Waals surface area contributed by atoms with E-state index in [9.17, 15) is 0 Å². The summed E-state index contributed by atoms with van der Waals surface area (Å²) in [6, 6.07) is 8.56. The normalized spacial score (nSPS) is 11.1. The van der Waals surface area contributed by atoms with E-state index in [-0.39, 0.29) is 0 Å². The van der Waals surface area contributed by atoms with Crippen LogP contribution in [-0.2, 0) is 6.54 Å². The van der Waals surface area contributed by atoms with E-state index in [0.717, 1.165) is 24.4 Å². The Morgan fingerprint density at radius 3 is 2.50 bits per heavy atom. The number of aromatic amines is 1. The van der Waals surface area contributed by atoms with Crippen LogP contribution in [0.5, 0.6) is 0 Å². The zero-order chi connectivity index (χ0) is 13.1. The fraction of sp³-hybridized carbons (Fsp3) is 0.429. The summed E-state index contributed by atoms with van der Waals surface area (Å²) in [6.45, 7) is 7.43. The Balaban J connectivity index is 2.39. The van der Waals surface area contributed by atoms with Crippen molar-refractivity contribution in [3.63, 3.8) is 0 Å². The van der Waals surface area contributed by atoms with Crippen molar-refractivity contribution in [3.8, 4) is 11.4 Å². The lowest BCUT2D eigenvalue weighted by Crippen LogP contribution is -2.00. The van der Waals surface area contributed by atoms with Crippen LogP contribution in [0.25, 0.3) is 11.4 Å². The highest BCUT2D eigenvalue weighted by molar-refractivity contribution is 7.71. The van der Waals surface area contributed by atoms with E-state index in [1.165, 1.54) is 5.56 Å². The molecule has 0 aliphatic carbocycles. The molecule has 3 nitrogen and oxygen atoms in total. The molecule has 0 atom stereocenters. The van der Waals surface area contributed by atoms with Gasteiger partial charge in [0.25, 0.3) is 0 Å². The second-order valence-electron chi connectivity index (χ2n) is 4.78. The molecule has 0 saturated heterocycles. The minimum atomic E-state index is 0.551. The van der Waals surface area contributed by atoms with Gasteiger partial charge in [-0.1, -0.05) is 45.0 Å². The molecule has 4 heteroatoms. The van der Waals surface area contributed by atoms with E-state index in [0.29, 0.717) is 10.7 Å². The van der Waals surface area contributed by atoms with Crippen molar-refractivity contribution in [2.24, 2.45) is 0 Å². The first-order valence-corrected chi connectivity index (χ1v) is 6.79. The Labute approximate surface area is 113 Å². The monoisotopic (exact) mass is 261 g/mol. The van der Waals surface area contributed by atoms with Gasteiger partial charge in [-0.05, 0) is 30.1 Å². The van der Waals surface area contributed by atoms with Gasteiger partial charge in [0.05, 0.1) is 0 Å². The van der Waals surface area contributed by atoms with Crippen LogP contribution in [0.3, 0.4) is 0 Å². The molecule has 96 valence electrons. The van der Waals surface area contributed by atoms with Crippen molar-refractivity contribution < 1.29 is 0 Å². The SMILES string of the molecule is CCCn1c(-c2ccc(C(C)C)cc2)n[nH]c1=S. The average molecular weight is 261 g/mol. The highest BCUT2D eigenvalue weighted by Gasteiger charge is 2.08. The van der Waals surface area contributed by atoms with Crippen molar-refractivity contribution in [2.45, 2.75) is 39.7 Å². The second kappa shape index (κ2) is 5.48. The van der Waals surface area contributed by atoms with Gasteiger partial charge in [-0.3, -0.25) is 5.10 Å². The molecule has 1 aromatic carbocycles. The highest BCUT2D eigenvalue weighted by atomic mass is 32.1. The maximum absolute atomic E-state index is 5.25. The maximum Gasteiger partial charge on any atom is 0.195 e. The molecular formula is C14H19N3S. The van der Waals surface area contributed by atoms with Crippen LogP contribution >= 0.6 is 12.2 Å². The van der Waals surface area contributed by atoms with Gasteiger partial charge in [0, 0.05) is 12.1 Å². The summed E-state index contributed by atoms with van der Waals surface area (Å²) < 4.78 is 2.75. The quantitative estimate of drug-likeness (QED) is 0.839. The molecule has 2 aromatic rings. The van der Waals surface area contributed by atoms with Crippen LogP contribution in [-0.4, -0.2) is 14.8 Å². The molecule has 0 saturated carbocycles. The van der Waals surface area contributed by atoms with E-state index in [1.54, 1.807) is 0 Å². The third-order valence-corrected chi connectivity index (χ3v) is 3.35. The Morgan fingerprint density at radius 2 is 1.94 bits per heavy atom. The van der Waals surface area contributed by atoms with E-state index in [1.807, 2.05) is 0 Å². The van der Waals surface area contributed by atoms with E-state index < -0.39 is 0 Å². The van der Waals surface area contributed by atoms with Crippen LogP contribution in [0, 0.1) is 4.77 Å². The van der Waals surface area contributed by atoms with Crippen LogP contribution in [0.2, 0.25) is 0 Å². The number of hydrogen-bond donors (Lipinski definition) is 1. The first-order valence-electron chi connectivity index (χ1n) is 6.39. The molecule has 0 unspecified atom stereocenters. The number of nitrogens with zero attached hydrogens (tertiary/aromatic N) is 2. The molecular weight excluding hydrogens is 242 g/mol. The lowest BCUT2D eigenvalue weighted by Gasteiger charge is -2.08. The Hall–Kier alpha value is -1.42. The molecule has 1 aromatic heterocycles. The predicted octanol–water partition coefficient (Wildman–Crippen LogP) is 4.14. The molecule has 1 heterocycles. The van der Waals surface area contributed by atoms with Gasteiger partial charge in [-0.25, -0.2) is 0 Å². The number of rotatable bonds is 4. The summed E-state index contributed by atoms with van der Waals surface area (Å²) in [5, 5.41) is 7.20. The zero-order valence-electron chi connectivity index (χ0n) is 11.1. The van der Waals surface area contributed by atoms with Crippen molar-refractivity contribution in [2.75, 3.05) is 0 Å². The first kappa shape index (κ1) is 13.0. The average Bonchev–Trinajstić information content (AvgIpc) is 2.72. The van der Waals surface area contributed by atoms with Crippen molar-refractivity contribution >= 4 is 12.2 Å². The molecule has 2 rings (SSSR count). The van der Waals surface area contributed by atoms with Crippen molar-refractivity contribution in [3.05, 3.63) is 34.6 Å². The fourth-order valence-corrected chi connectivity index (χ4v) is 2.21. The van der Waals surface area contributed by atoms with E-state index in [2.05, 4.69) is 59.8 Å². The highest BCUT2D eigenvalue weighted by Crippen LogP contribution is 2.21. The Bertz CT molecular complexity index is 563. The smallest absolute Gasteiger partial charge is 0.195 e. The summed E-state index contributed by atoms with van der Waals surface area (Å²) in [7, 11) is 0. The molecule has 0 fully saturated rings. The zero-order valence-corrected chi connectivity index (χ0v) is 11.9. The molecule has 0 radical (unpaired) electrons. The van der Waals surface area contributed by atoms with Gasteiger partial charge >= 0.3 is 0 Å². The number of H-pyrrole nitrogens is 1. The summed E-state index contributed by atoms with van der Waals surface area (Å²) in [6.07, 6.45) is 1.05. The third-order valence-electron chi connectivity index (χ3n) is 3.04. The minimum Gasteiger partial charge on any atom is -0.300 e. The van der Waals surface area contributed by atoms with Gasteiger partial charge in [0.2, 0.25) is 0 Å². The molecule has 1 N–H and O–H groups in total. The van der Waals surface area contributed by atoms with Crippen LogP contribution in [0.15, 0.2) is 24.3 Å². The first-order chi connectivity index (χ1) is 8.63. The summed E-state index contributed by atoms with van der Waals surface area (Å²) in [5.41, 5.74) is 2.45. The number of benzene rings is 1. The Morgan fingerprint density at radius 1 is 1.28 bits per heavy atom. The summed E-state index contributed by atoms with van der Waals surface area (Å²) in [5.74, 6) is 1.48. The third kappa shape index (κ3) is 2.53. The van der Waals surface area contributed by atoms with Gasteiger partial charge in [0.15, 0.2) is 10.6 Å². The fourth-order valence-electron chi connectivity index (χ4n) is 1.99. The molecule has 0 amide bonds. The van der Waals surface area contributed by atoms with Crippen molar-refractivity contribution in [1.29, 1.82) is 0 Å². The predicted molar refractivity (Wildman–Crippen MR) is 77.2 cm³/mol. The van der Waals surface area contributed by atoms with E-state index >= 15 is 0 Å². The van der Waals surface area contributed by atoms with Crippen LogP contribution < -0.4 is 0 Å². The van der Waals surface area contributed by atoms with Gasteiger partial charge in [-0.15, -0.1) is 0 Å². The summed E-state index contributed by atoms with van der Waals surface area (Å²) >= 11 is 5.25. The molecule has 0 bridgehead atoms. The number of aromatic nitrogens is 3. The van der Waals surface area contributed by atoms with Crippen molar-refractivity contribution in [1.82, 2.24) is 14.8 Å².